The molecular weight excluding hydrogens is 270 g/mol. The Hall–Kier alpha value is -1.72. The summed E-state index contributed by atoms with van der Waals surface area (Å²) in [6.45, 7) is 4.61. The summed E-state index contributed by atoms with van der Waals surface area (Å²) in [5, 5.41) is 2.73. The van der Waals surface area contributed by atoms with Gasteiger partial charge in [0.15, 0.2) is 6.29 Å². The maximum atomic E-state index is 12.3. The average molecular weight is 291 g/mol. The van der Waals surface area contributed by atoms with E-state index in [0.29, 0.717) is 19.6 Å². The van der Waals surface area contributed by atoms with Gasteiger partial charge in [-0.1, -0.05) is 44.2 Å². The Labute approximate surface area is 124 Å². The van der Waals surface area contributed by atoms with Crippen molar-refractivity contribution in [3.63, 3.8) is 0 Å². The van der Waals surface area contributed by atoms with Gasteiger partial charge >= 0.3 is 0 Å². The zero-order chi connectivity index (χ0) is 15.3. The molecule has 1 heterocycles. The molecule has 0 saturated carbocycles. The quantitative estimate of drug-likeness (QED) is 0.664. The fraction of sp³-hybridized carbons (Fsp3) is 0.500. The number of benzene rings is 1. The summed E-state index contributed by atoms with van der Waals surface area (Å²) in [5.74, 6) is -0.203. The van der Waals surface area contributed by atoms with E-state index in [9.17, 15) is 9.59 Å². The van der Waals surface area contributed by atoms with Crippen molar-refractivity contribution < 1.29 is 19.1 Å². The molecule has 0 aliphatic carbocycles. The molecule has 1 aromatic rings. The standard InChI is InChI=1S/C16H21NO4/c1-16(2)11-20-15(12-7-4-3-5-8-12)21-13(16)14(19)17-9-6-10-18/h3-5,7-8,10,13,15H,6,9,11H2,1-2H3,(H,17,19). The zero-order valence-electron chi connectivity index (χ0n) is 12.4. The van der Waals surface area contributed by atoms with Gasteiger partial charge in [-0.2, -0.15) is 0 Å². The molecule has 1 aromatic carbocycles. The van der Waals surface area contributed by atoms with Crippen molar-refractivity contribution in [1.29, 1.82) is 0 Å². The van der Waals surface area contributed by atoms with E-state index in [1.165, 1.54) is 0 Å². The van der Waals surface area contributed by atoms with Crippen LogP contribution in [0.3, 0.4) is 0 Å². The third kappa shape index (κ3) is 3.89. The second-order valence-electron chi connectivity index (χ2n) is 5.80. The van der Waals surface area contributed by atoms with Gasteiger partial charge in [-0.05, 0) is 0 Å². The van der Waals surface area contributed by atoms with Crippen molar-refractivity contribution in [2.75, 3.05) is 13.2 Å². The molecule has 0 aromatic heterocycles. The van der Waals surface area contributed by atoms with Crippen LogP contribution < -0.4 is 5.32 Å². The number of carbonyl (C=O) groups excluding carboxylic acids is 2. The van der Waals surface area contributed by atoms with E-state index in [1.807, 2.05) is 44.2 Å². The molecule has 2 unspecified atom stereocenters. The van der Waals surface area contributed by atoms with Crippen LogP contribution in [0.2, 0.25) is 0 Å². The summed E-state index contributed by atoms with van der Waals surface area (Å²) in [5.41, 5.74) is 0.468. The molecule has 0 spiro atoms. The lowest BCUT2D eigenvalue weighted by Gasteiger charge is -2.41. The van der Waals surface area contributed by atoms with Crippen molar-refractivity contribution in [1.82, 2.24) is 5.32 Å². The lowest BCUT2D eigenvalue weighted by Crippen LogP contribution is -2.51. The number of rotatable bonds is 5. The van der Waals surface area contributed by atoms with Crippen LogP contribution in [0, 0.1) is 5.41 Å². The third-order valence-corrected chi connectivity index (χ3v) is 3.45. The van der Waals surface area contributed by atoms with Gasteiger partial charge in [0.05, 0.1) is 6.61 Å². The third-order valence-electron chi connectivity index (χ3n) is 3.45. The minimum atomic E-state index is -0.608. The number of amides is 1. The number of carbonyl (C=O) groups is 2. The smallest absolute Gasteiger partial charge is 0.249 e. The van der Waals surface area contributed by atoms with Gasteiger partial charge in [-0.15, -0.1) is 0 Å². The van der Waals surface area contributed by atoms with Crippen molar-refractivity contribution in [3.8, 4) is 0 Å². The largest absolute Gasteiger partial charge is 0.353 e. The van der Waals surface area contributed by atoms with E-state index in [2.05, 4.69) is 5.32 Å². The highest BCUT2D eigenvalue weighted by Gasteiger charge is 2.43. The van der Waals surface area contributed by atoms with Gasteiger partial charge in [0.1, 0.15) is 12.4 Å². The Morgan fingerprint density at radius 3 is 2.76 bits per heavy atom. The number of nitrogens with one attached hydrogen (secondary N) is 1. The molecule has 1 amide bonds. The Kier molecular flexibility index (Phi) is 5.09. The first-order valence-corrected chi connectivity index (χ1v) is 7.08. The van der Waals surface area contributed by atoms with E-state index in [-0.39, 0.29) is 5.91 Å². The van der Waals surface area contributed by atoms with Crippen LogP contribution in [0.15, 0.2) is 30.3 Å². The molecule has 5 heteroatoms. The lowest BCUT2D eigenvalue weighted by atomic mass is 9.85. The van der Waals surface area contributed by atoms with Gasteiger partial charge in [-0.3, -0.25) is 4.79 Å². The van der Waals surface area contributed by atoms with E-state index in [0.717, 1.165) is 11.8 Å². The van der Waals surface area contributed by atoms with E-state index in [4.69, 9.17) is 9.47 Å². The summed E-state index contributed by atoms with van der Waals surface area (Å²) in [6, 6.07) is 9.54. The van der Waals surface area contributed by atoms with Gasteiger partial charge in [-0.25, -0.2) is 0 Å². The van der Waals surface area contributed by atoms with Crippen LogP contribution in [-0.2, 0) is 19.1 Å². The summed E-state index contributed by atoms with van der Waals surface area (Å²) >= 11 is 0. The van der Waals surface area contributed by atoms with Crippen molar-refractivity contribution >= 4 is 12.2 Å². The van der Waals surface area contributed by atoms with Crippen LogP contribution in [0.4, 0.5) is 0 Å². The molecule has 0 bridgehead atoms. The summed E-state index contributed by atoms with van der Waals surface area (Å²) in [7, 11) is 0. The predicted octanol–water partition coefficient (Wildman–Crippen LogP) is 1.83. The lowest BCUT2D eigenvalue weighted by molar-refractivity contribution is -0.258. The van der Waals surface area contributed by atoms with Crippen molar-refractivity contribution in [2.45, 2.75) is 32.7 Å². The second-order valence-corrected chi connectivity index (χ2v) is 5.80. The fourth-order valence-corrected chi connectivity index (χ4v) is 2.26. The second kappa shape index (κ2) is 6.83. The van der Waals surface area contributed by atoms with Crippen molar-refractivity contribution in [2.24, 2.45) is 5.41 Å². The first-order valence-electron chi connectivity index (χ1n) is 7.08. The van der Waals surface area contributed by atoms with Gasteiger partial charge in [0.25, 0.3) is 0 Å². The molecule has 1 fully saturated rings. The summed E-state index contributed by atoms with van der Waals surface area (Å²) < 4.78 is 11.6. The minimum Gasteiger partial charge on any atom is -0.353 e. The van der Waals surface area contributed by atoms with Crippen LogP contribution in [0.1, 0.15) is 32.1 Å². The molecule has 5 nitrogen and oxygen atoms in total. The first-order chi connectivity index (χ1) is 10.0. The maximum Gasteiger partial charge on any atom is 0.249 e. The molecule has 1 aliphatic heterocycles. The number of hydrogen-bond donors (Lipinski definition) is 1. The number of ether oxygens (including phenoxy) is 2. The molecule has 114 valence electrons. The Morgan fingerprint density at radius 1 is 1.38 bits per heavy atom. The summed E-state index contributed by atoms with van der Waals surface area (Å²) in [4.78, 5) is 22.6. The van der Waals surface area contributed by atoms with Gasteiger partial charge in [0, 0.05) is 23.9 Å². The van der Waals surface area contributed by atoms with E-state index < -0.39 is 17.8 Å². The Balaban J connectivity index is 2.06. The minimum absolute atomic E-state index is 0.203. The molecule has 21 heavy (non-hydrogen) atoms. The normalized spacial score (nSPS) is 24.3. The fourth-order valence-electron chi connectivity index (χ4n) is 2.26. The maximum absolute atomic E-state index is 12.3. The molecule has 1 saturated heterocycles. The van der Waals surface area contributed by atoms with Crippen LogP contribution in [0.5, 0.6) is 0 Å². The molecule has 2 atom stereocenters. The van der Waals surface area contributed by atoms with Crippen LogP contribution >= 0.6 is 0 Å². The molecule has 2 rings (SSSR count). The van der Waals surface area contributed by atoms with E-state index >= 15 is 0 Å². The predicted molar refractivity (Wildman–Crippen MR) is 77.5 cm³/mol. The number of hydrogen-bond acceptors (Lipinski definition) is 4. The first kappa shape index (κ1) is 15.7. The van der Waals surface area contributed by atoms with Crippen molar-refractivity contribution in [3.05, 3.63) is 35.9 Å². The Bertz CT molecular complexity index is 486. The van der Waals surface area contributed by atoms with Gasteiger partial charge in [0.2, 0.25) is 5.91 Å². The van der Waals surface area contributed by atoms with Gasteiger partial charge < -0.3 is 19.6 Å². The molecule has 1 aliphatic rings. The van der Waals surface area contributed by atoms with E-state index in [1.54, 1.807) is 0 Å². The SMILES string of the molecule is CC1(C)COC(c2ccccc2)OC1C(=O)NCCC=O. The average Bonchev–Trinajstić information content (AvgIpc) is 2.48. The number of aldehydes is 1. The van der Waals surface area contributed by atoms with Crippen LogP contribution in [0.25, 0.3) is 0 Å². The summed E-state index contributed by atoms with van der Waals surface area (Å²) in [6.07, 6.45) is -0.0651. The molecule has 0 radical (unpaired) electrons. The monoisotopic (exact) mass is 291 g/mol. The topological polar surface area (TPSA) is 64.6 Å². The highest BCUT2D eigenvalue weighted by Crippen LogP contribution is 2.36. The molecule has 1 N–H and O–H groups in total. The highest BCUT2D eigenvalue weighted by molar-refractivity contribution is 5.82. The zero-order valence-corrected chi connectivity index (χ0v) is 12.4. The Morgan fingerprint density at radius 2 is 2.10 bits per heavy atom. The van der Waals surface area contributed by atoms with Crippen LogP contribution in [-0.4, -0.2) is 31.4 Å². The highest BCUT2D eigenvalue weighted by atomic mass is 16.7. The molecular formula is C16H21NO4.